The number of hydrogen-bond donors (Lipinski definition) is 0. The van der Waals surface area contributed by atoms with Gasteiger partial charge in [-0.05, 0) is 107 Å². The van der Waals surface area contributed by atoms with Crippen molar-refractivity contribution in [2.24, 2.45) is 0 Å². The van der Waals surface area contributed by atoms with Crippen LogP contribution in [0.4, 0.5) is 17.1 Å². The fraction of sp³-hybridized carbons (Fsp3) is 0. The lowest BCUT2D eigenvalue weighted by molar-refractivity contribution is 1.17. The fourth-order valence-corrected chi connectivity index (χ4v) is 17.6. The maximum absolute atomic E-state index is 2.73. The summed E-state index contributed by atoms with van der Waals surface area (Å²) in [5, 5.41) is 8.26. The molecule has 0 aromatic heterocycles. The first-order chi connectivity index (χ1) is 30.8. The summed E-state index contributed by atoms with van der Waals surface area (Å²) in [7, 11) is -2.73. The molecular formula is C58H39NS2Si-. The van der Waals surface area contributed by atoms with Crippen LogP contribution in [0.3, 0.4) is 0 Å². The first kappa shape index (κ1) is 37.0. The molecule has 1 atom stereocenters. The maximum atomic E-state index is 2.47. The smallest absolute Gasteiger partial charge is 0.0462 e. The molecule has 12 rings (SSSR count). The Labute approximate surface area is 372 Å². The van der Waals surface area contributed by atoms with Crippen LogP contribution in [0, 0.1) is 0 Å². The molecule has 0 amide bonds. The number of para-hydroxylation sites is 1. The van der Waals surface area contributed by atoms with Crippen molar-refractivity contribution in [3.05, 3.63) is 237 Å². The Morgan fingerprint density at radius 1 is 0.306 bits per heavy atom. The zero-order chi connectivity index (χ0) is 41.0. The summed E-state index contributed by atoms with van der Waals surface area (Å²) < 4.78 is 0. The van der Waals surface area contributed by atoms with Gasteiger partial charge in [0.2, 0.25) is 0 Å². The summed E-state index contributed by atoms with van der Waals surface area (Å²) in [5.74, 6) is 0. The van der Waals surface area contributed by atoms with Gasteiger partial charge in [-0.2, -0.15) is 20.7 Å². The number of benzene rings is 10. The van der Waals surface area contributed by atoms with E-state index in [0.717, 1.165) is 17.1 Å². The van der Waals surface area contributed by atoms with Crippen LogP contribution in [-0.2, 0) is 0 Å². The van der Waals surface area contributed by atoms with E-state index in [4.69, 9.17) is 0 Å². The first-order valence-corrected chi connectivity index (χ1v) is 24.8. The summed E-state index contributed by atoms with van der Waals surface area (Å²) in [6, 6.07) is 87.8. The van der Waals surface area contributed by atoms with Gasteiger partial charge in [0.1, 0.15) is 0 Å². The minimum atomic E-state index is -2.73. The normalized spacial score (nSPS) is 14.7. The minimum Gasteiger partial charge on any atom is -0.311 e. The highest BCUT2D eigenvalue weighted by Crippen LogP contribution is 2.52. The molecule has 0 fully saturated rings. The Bertz CT molecular complexity index is 3280. The summed E-state index contributed by atoms with van der Waals surface area (Å²) in [6.07, 6.45) is 0. The maximum Gasteiger partial charge on any atom is 0.0462 e. The third-order valence-corrected chi connectivity index (χ3v) is 20.1. The molecule has 10 aromatic carbocycles. The van der Waals surface area contributed by atoms with Crippen molar-refractivity contribution in [2.45, 2.75) is 19.6 Å². The summed E-state index contributed by atoms with van der Waals surface area (Å²) in [5.41, 5.74) is 11.1. The number of nitrogens with zero attached hydrogens (tertiary/aromatic N) is 1. The zero-order valence-electron chi connectivity index (χ0n) is 33.8. The van der Waals surface area contributed by atoms with Gasteiger partial charge in [0.25, 0.3) is 0 Å². The van der Waals surface area contributed by atoms with E-state index in [0.29, 0.717) is 0 Å². The average molecular weight is 842 g/mol. The lowest BCUT2D eigenvalue weighted by Gasteiger charge is -2.44. The van der Waals surface area contributed by atoms with Gasteiger partial charge in [0.15, 0.2) is 0 Å². The zero-order valence-corrected chi connectivity index (χ0v) is 36.4. The van der Waals surface area contributed by atoms with Gasteiger partial charge in [-0.1, -0.05) is 206 Å². The SMILES string of the molecule is c1ccc(-c2cccc3c(-c4ccc(N(c5ccccc5)c5ccc([Si-]6(c7ccccc7)c7ccccc7-c7c6ccc6c7Sc7ccccc7S6)cc5)cc4)cccc23)cc1. The molecule has 2 aliphatic heterocycles. The van der Waals surface area contributed by atoms with Crippen LogP contribution in [0.15, 0.2) is 256 Å². The molecule has 293 valence electrons. The quantitative estimate of drug-likeness (QED) is 0.147. The van der Waals surface area contributed by atoms with E-state index in [-0.39, 0.29) is 0 Å². The van der Waals surface area contributed by atoms with Gasteiger partial charge >= 0.3 is 0 Å². The molecule has 4 heteroatoms. The van der Waals surface area contributed by atoms with Crippen molar-refractivity contribution in [1.82, 2.24) is 0 Å². The van der Waals surface area contributed by atoms with E-state index in [9.17, 15) is 0 Å². The van der Waals surface area contributed by atoms with Gasteiger partial charge in [-0.15, -0.1) is 0 Å². The van der Waals surface area contributed by atoms with Crippen LogP contribution >= 0.6 is 23.5 Å². The van der Waals surface area contributed by atoms with Gasteiger partial charge in [-0.25, -0.2) is 0 Å². The van der Waals surface area contributed by atoms with Gasteiger partial charge < -0.3 is 4.90 Å². The molecule has 10 aromatic rings. The third-order valence-electron chi connectivity index (χ3n) is 12.6. The van der Waals surface area contributed by atoms with Crippen LogP contribution in [0.1, 0.15) is 0 Å². The van der Waals surface area contributed by atoms with Crippen molar-refractivity contribution in [3.8, 4) is 33.4 Å². The number of rotatable bonds is 7. The second-order valence-corrected chi connectivity index (χ2v) is 21.8. The Morgan fingerprint density at radius 2 is 0.806 bits per heavy atom. The highest BCUT2D eigenvalue weighted by molar-refractivity contribution is 8.05. The molecule has 2 heterocycles. The highest BCUT2D eigenvalue weighted by Gasteiger charge is 2.39. The summed E-state index contributed by atoms with van der Waals surface area (Å²) >= 11 is 3.84. The van der Waals surface area contributed by atoms with Crippen molar-refractivity contribution >= 4 is 80.2 Å². The summed E-state index contributed by atoms with van der Waals surface area (Å²) in [4.78, 5) is 7.79. The average Bonchev–Trinajstić information content (AvgIpc) is 3.66. The van der Waals surface area contributed by atoms with Gasteiger partial charge in [-0.3, -0.25) is 0 Å². The van der Waals surface area contributed by atoms with Crippen LogP contribution < -0.4 is 25.6 Å². The van der Waals surface area contributed by atoms with E-state index in [2.05, 4.69) is 241 Å². The summed E-state index contributed by atoms with van der Waals surface area (Å²) in [6.45, 7) is 0. The molecule has 0 spiro atoms. The number of anilines is 3. The van der Waals surface area contributed by atoms with Crippen LogP contribution in [0.25, 0.3) is 44.2 Å². The largest absolute Gasteiger partial charge is 0.311 e. The van der Waals surface area contributed by atoms with E-state index in [1.165, 1.54) is 84.5 Å². The predicted octanol–water partition coefficient (Wildman–Crippen LogP) is 13.6. The molecular weight excluding hydrogens is 803 g/mol. The lowest BCUT2D eigenvalue weighted by atomic mass is 9.93. The second-order valence-electron chi connectivity index (χ2n) is 16.0. The molecule has 0 N–H and O–H groups in total. The van der Waals surface area contributed by atoms with Crippen LogP contribution in [-0.4, -0.2) is 8.07 Å². The third kappa shape index (κ3) is 5.94. The molecule has 1 nitrogen and oxygen atoms in total. The second kappa shape index (κ2) is 15.3. The molecule has 62 heavy (non-hydrogen) atoms. The predicted molar refractivity (Wildman–Crippen MR) is 267 cm³/mol. The van der Waals surface area contributed by atoms with E-state index in [1.807, 2.05) is 23.5 Å². The number of fused-ring (bicyclic) bond motifs is 7. The Hall–Kier alpha value is -6.82. The van der Waals surface area contributed by atoms with Crippen LogP contribution in [0.2, 0.25) is 0 Å². The topological polar surface area (TPSA) is 3.24 Å². The molecule has 0 radical (unpaired) electrons. The van der Waals surface area contributed by atoms with Gasteiger partial charge in [0.05, 0.1) is 0 Å². The van der Waals surface area contributed by atoms with Crippen molar-refractivity contribution in [2.75, 3.05) is 4.90 Å². The van der Waals surface area contributed by atoms with Crippen molar-refractivity contribution in [3.63, 3.8) is 0 Å². The first-order valence-electron chi connectivity index (χ1n) is 21.2. The lowest BCUT2D eigenvalue weighted by Crippen LogP contribution is -2.72. The van der Waals surface area contributed by atoms with E-state index >= 15 is 0 Å². The minimum absolute atomic E-state index is 1.12. The Morgan fingerprint density at radius 3 is 1.48 bits per heavy atom. The number of hydrogen-bond acceptors (Lipinski definition) is 3. The Kier molecular flexibility index (Phi) is 9.11. The highest BCUT2D eigenvalue weighted by atomic mass is 32.2. The van der Waals surface area contributed by atoms with Gasteiger partial charge in [0, 0.05) is 36.6 Å². The molecule has 0 bridgehead atoms. The molecule has 0 saturated heterocycles. The molecule has 0 aliphatic carbocycles. The fourth-order valence-electron chi connectivity index (χ4n) is 9.93. The van der Waals surface area contributed by atoms with E-state index in [1.54, 1.807) is 0 Å². The van der Waals surface area contributed by atoms with E-state index < -0.39 is 8.07 Å². The van der Waals surface area contributed by atoms with Crippen molar-refractivity contribution in [1.29, 1.82) is 0 Å². The van der Waals surface area contributed by atoms with Crippen LogP contribution in [0.5, 0.6) is 0 Å². The Balaban J connectivity index is 0.972. The molecule has 0 saturated carbocycles. The molecule has 2 aliphatic rings. The standard InChI is InChI=1S/C58H39NS2Si/c1-4-16-40(17-5-1)47-23-14-26-50-48(24-15-25-49(47)50)41-30-32-43(33-31-41)59(42-18-6-2-7-19-42)44-34-36-46(37-35-44)62(45-20-8-3-9-21-45)55-29-13-10-22-51(55)57-56(62)39-38-54-58(57)61-53-28-12-11-27-52(53)60-54/h1-39H/q-1. The van der Waals surface area contributed by atoms with Crippen molar-refractivity contribution < 1.29 is 0 Å². The molecule has 1 unspecified atom stereocenters. The monoisotopic (exact) mass is 841 g/mol.